The van der Waals surface area contributed by atoms with E-state index >= 15 is 0 Å². The van der Waals surface area contributed by atoms with Crippen LogP contribution in [0.3, 0.4) is 0 Å². The molecule has 2 rings (SSSR count). The molecule has 0 atom stereocenters. The molecule has 0 radical (unpaired) electrons. The molecule has 1 aromatic rings. The lowest BCUT2D eigenvalue weighted by Gasteiger charge is -2.14. The van der Waals surface area contributed by atoms with Crippen LogP contribution in [0.1, 0.15) is 12.8 Å². The molecule has 0 amide bonds. The fraction of sp³-hybridized carbons (Fsp3) is 0.545. The van der Waals surface area contributed by atoms with Crippen molar-refractivity contribution in [1.82, 2.24) is 9.88 Å². The molecule has 0 saturated carbocycles. The van der Waals surface area contributed by atoms with E-state index in [0.29, 0.717) is 6.61 Å². The summed E-state index contributed by atoms with van der Waals surface area (Å²) in [6.45, 7) is 3.42. The fourth-order valence-corrected chi connectivity index (χ4v) is 1.91. The number of nitro groups is 1. The van der Waals surface area contributed by atoms with Gasteiger partial charge in [-0.2, -0.15) is 0 Å². The van der Waals surface area contributed by atoms with Crippen molar-refractivity contribution in [2.24, 2.45) is 0 Å². The van der Waals surface area contributed by atoms with Crippen molar-refractivity contribution < 1.29 is 9.66 Å². The Bertz CT molecular complexity index is 391. The van der Waals surface area contributed by atoms with E-state index < -0.39 is 4.92 Å². The third-order valence-corrected chi connectivity index (χ3v) is 2.79. The Labute approximate surface area is 99.4 Å². The Balaban J connectivity index is 1.87. The van der Waals surface area contributed by atoms with Gasteiger partial charge in [0.1, 0.15) is 6.61 Å². The van der Waals surface area contributed by atoms with Gasteiger partial charge in [0, 0.05) is 18.8 Å². The first-order valence-electron chi connectivity index (χ1n) is 5.72. The van der Waals surface area contributed by atoms with Crippen molar-refractivity contribution in [3.05, 3.63) is 28.4 Å². The molecule has 2 heterocycles. The number of rotatable bonds is 5. The first kappa shape index (κ1) is 11.8. The minimum atomic E-state index is -0.474. The second-order valence-corrected chi connectivity index (χ2v) is 3.98. The van der Waals surface area contributed by atoms with E-state index in [1.54, 1.807) is 0 Å². The van der Waals surface area contributed by atoms with Crippen LogP contribution in [0.5, 0.6) is 5.88 Å². The number of nitrogens with zero attached hydrogens (tertiary/aromatic N) is 3. The summed E-state index contributed by atoms with van der Waals surface area (Å²) >= 11 is 0. The molecule has 0 aliphatic carbocycles. The summed E-state index contributed by atoms with van der Waals surface area (Å²) in [5.74, 6) is 0.108. The Hall–Kier alpha value is -1.69. The topological polar surface area (TPSA) is 68.5 Å². The summed E-state index contributed by atoms with van der Waals surface area (Å²) in [4.78, 5) is 16.4. The van der Waals surface area contributed by atoms with E-state index in [0.717, 1.165) is 19.6 Å². The average molecular weight is 237 g/mol. The molecule has 0 N–H and O–H groups in total. The SMILES string of the molecule is O=[N+]([O-])c1cccnc1OCCN1CCCC1. The molecule has 0 unspecified atom stereocenters. The van der Waals surface area contributed by atoms with Gasteiger partial charge in [0.05, 0.1) is 4.92 Å². The van der Waals surface area contributed by atoms with E-state index in [1.165, 1.54) is 31.2 Å². The van der Waals surface area contributed by atoms with Crippen LogP contribution < -0.4 is 4.74 Å². The zero-order valence-electron chi connectivity index (χ0n) is 9.54. The molecule has 17 heavy (non-hydrogen) atoms. The lowest BCUT2D eigenvalue weighted by atomic mass is 10.4. The lowest BCUT2D eigenvalue weighted by molar-refractivity contribution is -0.386. The van der Waals surface area contributed by atoms with Crippen molar-refractivity contribution in [3.63, 3.8) is 0 Å². The highest BCUT2D eigenvalue weighted by atomic mass is 16.6. The summed E-state index contributed by atoms with van der Waals surface area (Å²) in [6, 6.07) is 2.93. The number of pyridine rings is 1. The predicted molar refractivity (Wildman–Crippen MR) is 62.1 cm³/mol. The van der Waals surface area contributed by atoms with Gasteiger partial charge in [-0.1, -0.05) is 0 Å². The van der Waals surface area contributed by atoms with Crippen molar-refractivity contribution in [1.29, 1.82) is 0 Å². The molecule has 1 fully saturated rings. The minimum absolute atomic E-state index is 0.0751. The lowest BCUT2D eigenvalue weighted by Crippen LogP contribution is -2.25. The zero-order chi connectivity index (χ0) is 12.1. The minimum Gasteiger partial charge on any atom is -0.471 e. The number of aromatic nitrogens is 1. The third kappa shape index (κ3) is 3.13. The van der Waals surface area contributed by atoms with Gasteiger partial charge in [-0.15, -0.1) is 0 Å². The van der Waals surface area contributed by atoms with E-state index in [2.05, 4.69) is 9.88 Å². The summed E-state index contributed by atoms with van der Waals surface area (Å²) in [5.41, 5.74) is -0.0751. The molecule has 6 heteroatoms. The van der Waals surface area contributed by atoms with Crippen LogP contribution in [0.2, 0.25) is 0 Å². The molecule has 1 aliphatic heterocycles. The molecule has 1 saturated heterocycles. The van der Waals surface area contributed by atoms with Crippen LogP contribution in [0.25, 0.3) is 0 Å². The first-order valence-corrected chi connectivity index (χ1v) is 5.72. The van der Waals surface area contributed by atoms with Crippen LogP contribution in [0.4, 0.5) is 5.69 Å². The maximum Gasteiger partial charge on any atom is 0.330 e. The smallest absolute Gasteiger partial charge is 0.330 e. The van der Waals surface area contributed by atoms with Gasteiger partial charge < -0.3 is 4.74 Å². The molecule has 92 valence electrons. The average Bonchev–Trinajstić information content (AvgIpc) is 2.82. The van der Waals surface area contributed by atoms with E-state index in [-0.39, 0.29) is 11.6 Å². The Morgan fingerprint density at radius 1 is 1.47 bits per heavy atom. The summed E-state index contributed by atoms with van der Waals surface area (Å²) in [6.07, 6.45) is 3.95. The van der Waals surface area contributed by atoms with Crippen LogP contribution in [0, 0.1) is 10.1 Å². The molecule has 1 aromatic heterocycles. The predicted octanol–water partition coefficient (Wildman–Crippen LogP) is 1.46. The van der Waals surface area contributed by atoms with E-state index in [1.807, 2.05) is 0 Å². The monoisotopic (exact) mass is 237 g/mol. The summed E-state index contributed by atoms with van der Waals surface area (Å²) in [5, 5.41) is 10.7. The molecule has 0 spiro atoms. The molecule has 0 aromatic carbocycles. The quantitative estimate of drug-likeness (QED) is 0.573. The Morgan fingerprint density at radius 2 is 2.24 bits per heavy atom. The molecular weight excluding hydrogens is 222 g/mol. The first-order chi connectivity index (χ1) is 8.27. The van der Waals surface area contributed by atoms with Crippen LogP contribution in [-0.2, 0) is 0 Å². The molecule has 0 bridgehead atoms. The molecular formula is C11H15N3O3. The number of hydrogen-bond acceptors (Lipinski definition) is 5. The van der Waals surface area contributed by atoms with E-state index in [9.17, 15) is 10.1 Å². The normalized spacial score (nSPS) is 16.0. The zero-order valence-corrected chi connectivity index (χ0v) is 9.54. The van der Waals surface area contributed by atoms with Gasteiger partial charge in [-0.25, -0.2) is 4.98 Å². The van der Waals surface area contributed by atoms with Crippen molar-refractivity contribution in [2.45, 2.75) is 12.8 Å². The van der Waals surface area contributed by atoms with Gasteiger partial charge in [-0.3, -0.25) is 15.0 Å². The number of ether oxygens (including phenoxy) is 1. The van der Waals surface area contributed by atoms with Gasteiger partial charge in [0.2, 0.25) is 0 Å². The van der Waals surface area contributed by atoms with Crippen LogP contribution in [-0.4, -0.2) is 41.0 Å². The largest absolute Gasteiger partial charge is 0.471 e. The van der Waals surface area contributed by atoms with Gasteiger partial charge >= 0.3 is 5.69 Å². The second-order valence-electron chi connectivity index (χ2n) is 3.98. The number of likely N-dealkylation sites (tertiary alicyclic amines) is 1. The summed E-state index contributed by atoms with van der Waals surface area (Å²) in [7, 11) is 0. The Morgan fingerprint density at radius 3 is 2.94 bits per heavy atom. The molecule has 1 aliphatic rings. The highest BCUT2D eigenvalue weighted by molar-refractivity contribution is 5.39. The highest BCUT2D eigenvalue weighted by Gasteiger charge is 2.16. The van der Waals surface area contributed by atoms with Gasteiger partial charge in [-0.05, 0) is 32.0 Å². The fourth-order valence-electron chi connectivity index (χ4n) is 1.91. The van der Waals surface area contributed by atoms with Gasteiger partial charge in [0.25, 0.3) is 5.88 Å². The number of hydrogen-bond donors (Lipinski definition) is 0. The van der Waals surface area contributed by atoms with Crippen LogP contribution in [0.15, 0.2) is 18.3 Å². The summed E-state index contributed by atoms with van der Waals surface area (Å²) < 4.78 is 5.37. The van der Waals surface area contributed by atoms with E-state index in [4.69, 9.17) is 4.74 Å². The third-order valence-electron chi connectivity index (χ3n) is 2.79. The van der Waals surface area contributed by atoms with Crippen molar-refractivity contribution in [2.75, 3.05) is 26.2 Å². The Kier molecular flexibility index (Phi) is 3.87. The maximum absolute atomic E-state index is 10.7. The molecule has 6 nitrogen and oxygen atoms in total. The van der Waals surface area contributed by atoms with Crippen molar-refractivity contribution in [3.8, 4) is 5.88 Å². The van der Waals surface area contributed by atoms with Crippen LogP contribution >= 0.6 is 0 Å². The van der Waals surface area contributed by atoms with Crippen molar-refractivity contribution >= 4 is 5.69 Å². The van der Waals surface area contributed by atoms with Gasteiger partial charge in [0.15, 0.2) is 0 Å². The highest BCUT2D eigenvalue weighted by Crippen LogP contribution is 2.22. The maximum atomic E-state index is 10.7. The second kappa shape index (κ2) is 5.58. The standard InChI is InChI=1S/C11H15N3O3/c15-14(16)10-4-3-5-12-11(10)17-9-8-13-6-1-2-7-13/h3-5H,1-2,6-9H2.